The number of rotatable bonds is 5. The smallest absolute Gasteiger partial charge is 0.269 e. The fraction of sp³-hybridized carbons (Fsp3) is 0.0476. The van der Waals surface area contributed by atoms with Gasteiger partial charge in [-0.2, -0.15) is 0 Å². The lowest BCUT2D eigenvalue weighted by molar-refractivity contribution is 0.0235. The topological polar surface area (TPSA) is 51.2 Å². The van der Waals surface area contributed by atoms with Crippen molar-refractivity contribution < 1.29 is 9.63 Å². The first kappa shape index (κ1) is 17.7. The summed E-state index contributed by atoms with van der Waals surface area (Å²) in [6.45, 7) is 0.295. The van der Waals surface area contributed by atoms with Crippen LogP contribution >= 0.6 is 22.9 Å². The Balaban J connectivity index is 1.62. The summed E-state index contributed by atoms with van der Waals surface area (Å²) in [5.41, 5.74) is 5.47. The summed E-state index contributed by atoms with van der Waals surface area (Å²) in [5.74, 6) is -0.312. The highest BCUT2D eigenvalue weighted by Gasteiger charge is 2.15. The number of carbonyl (C=O) groups is 1. The molecule has 27 heavy (non-hydrogen) atoms. The van der Waals surface area contributed by atoms with Crippen LogP contribution in [0.15, 0.2) is 72.8 Å². The van der Waals surface area contributed by atoms with Gasteiger partial charge in [0.2, 0.25) is 0 Å². The van der Waals surface area contributed by atoms with Gasteiger partial charge in [0.25, 0.3) is 5.91 Å². The number of para-hydroxylation sites is 1. The molecule has 0 fully saturated rings. The second-order valence-corrected chi connectivity index (χ2v) is 7.60. The normalized spacial score (nSPS) is 10.9. The number of amides is 1. The van der Waals surface area contributed by atoms with E-state index >= 15 is 0 Å². The third-order valence-electron chi connectivity index (χ3n) is 4.03. The molecular formula is C21H15ClN2O2S. The second kappa shape index (κ2) is 7.88. The Hall–Kier alpha value is -2.73. The van der Waals surface area contributed by atoms with E-state index in [-0.39, 0.29) is 5.91 Å². The van der Waals surface area contributed by atoms with Gasteiger partial charge in [0.1, 0.15) is 0 Å². The summed E-state index contributed by atoms with van der Waals surface area (Å²) < 4.78 is 0.678. The monoisotopic (exact) mass is 394 g/mol. The molecule has 0 unspecified atom stereocenters. The van der Waals surface area contributed by atoms with Crippen LogP contribution in [0.25, 0.3) is 21.5 Å². The number of hydrogen-bond donors (Lipinski definition) is 1. The predicted molar refractivity (Wildman–Crippen MR) is 109 cm³/mol. The molecule has 6 heteroatoms. The maximum absolute atomic E-state index is 12.8. The van der Waals surface area contributed by atoms with Crippen LogP contribution in [-0.4, -0.2) is 10.9 Å². The summed E-state index contributed by atoms with van der Waals surface area (Å²) in [6.07, 6.45) is 0. The second-order valence-electron chi connectivity index (χ2n) is 5.88. The number of nitrogens with zero attached hydrogens (tertiary/aromatic N) is 1. The summed E-state index contributed by atoms with van der Waals surface area (Å²) in [5, 5.41) is 0.768. The predicted octanol–water partition coefficient (Wildman–Crippen LogP) is 5.48. The number of hydroxylamine groups is 1. The maximum atomic E-state index is 12.8. The van der Waals surface area contributed by atoms with E-state index < -0.39 is 0 Å². The third kappa shape index (κ3) is 4.01. The minimum atomic E-state index is -0.312. The van der Waals surface area contributed by atoms with Crippen LogP contribution in [-0.2, 0) is 11.4 Å². The van der Waals surface area contributed by atoms with Gasteiger partial charge in [-0.25, -0.2) is 10.5 Å². The van der Waals surface area contributed by atoms with Crippen molar-refractivity contribution in [2.75, 3.05) is 0 Å². The Morgan fingerprint density at radius 2 is 1.81 bits per heavy atom. The van der Waals surface area contributed by atoms with E-state index in [0.29, 0.717) is 22.2 Å². The summed E-state index contributed by atoms with van der Waals surface area (Å²) in [4.78, 5) is 23.7. The molecule has 1 N–H and O–H groups in total. The third-order valence-corrected chi connectivity index (χ3v) is 5.29. The molecule has 0 aliphatic carbocycles. The van der Waals surface area contributed by atoms with E-state index in [0.717, 1.165) is 21.3 Å². The molecule has 134 valence electrons. The molecular weight excluding hydrogens is 380 g/mol. The van der Waals surface area contributed by atoms with Gasteiger partial charge in [-0.15, -0.1) is 11.3 Å². The van der Waals surface area contributed by atoms with Gasteiger partial charge in [0.15, 0.2) is 0 Å². The highest BCUT2D eigenvalue weighted by atomic mass is 35.5. The SMILES string of the molecule is O=C(NOCc1ccccc1)c1cc(-c2ccc(Cl)s2)nc2ccccc12. The largest absolute Gasteiger partial charge is 0.275 e. The fourth-order valence-corrected chi connectivity index (χ4v) is 3.76. The van der Waals surface area contributed by atoms with Crippen LogP contribution in [0.4, 0.5) is 0 Å². The van der Waals surface area contributed by atoms with Crippen LogP contribution < -0.4 is 5.48 Å². The minimum absolute atomic E-state index is 0.295. The van der Waals surface area contributed by atoms with E-state index in [9.17, 15) is 4.79 Å². The van der Waals surface area contributed by atoms with Crippen molar-refractivity contribution >= 4 is 39.7 Å². The quantitative estimate of drug-likeness (QED) is 0.456. The van der Waals surface area contributed by atoms with Crippen LogP contribution in [0.2, 0.25) is 4.34 Å². The average Bonchev–Trinajstić information content (AvgIpc) is 3.14. The van der Waals surface area contributed by atoms with Crippen LogP contribution in [0.3, 0.4) is 0 Å². The number of aromatic nitrogens is 1. The number of hydrogen-bond acceptors (Lipinski definition) is 4. The lowest BCUT2D eigenvalue weighted by Gasteiger charge is -2.10. The standard InChI is InChI=1S/C21H15ClN2O2S/c22-20-11-10-19(27-20)18-12-16(15-8-4-5-9-17(15)23-18)21(25)24-26-13-14-6-2-1-3-7-14/h1-12H,13H2,(H,24,25). The van der Waals surface area contributed by atoms with E-state index in [1.54, 1.807) is 6.07 Å². The molecule has 1 amide bonds. The van der Waals surface area contributed by atoms with Crippen molar-refractivity contribution in [2.45, 2.75) is 6.61 Å². The van der Waals surface area contributed by atoms with Crippen molar-refractivity contribution in [3.05, 3.63) is 88.3 Å². The fourth-order valence-electron chi connectivity index (χ4n) is 2.76. The molecule has 0 saturated heterocycles. The zero-order chi connectivity index (χ0) is 18.6. The van der Waals surface area contributed by atoms with Gasteiger partial charge in [-0.3, -0.25) is 9.63 Å². The molecule has 0 radical (unpaired) electrons. The van der Waals surface area contributed by atoms with E-state index in [2.05, 4.69) is 10.5 Å². The molecule has 0 saturated carbocycles. The molecule has 0 bridgehead atoms. The molecule has 0 spiro atoms. The molecule has 4 nitrogen and oxygen atoms in total. The Labute approximate surface area is 165 Å². The van der Waals surface area contributed by atoms with E-state index in [4.69, 9.17) is 16.4 Å². The lowest BCUT2D eigenvalue weighted by Crippen LogP contribution is -2.24. The molecule has 2 aromatic carbocycles. The number of fused-ring (bicyclic) bond motifs is 1. The molecule has 2 aromatic heterocycles. The Bertz CT molecular complexity index is 1100. The van der Waals surface area contributed by atoms with Gasteiger partial charge in [0.05, 0.1) is 32.6 Å². The molecule has 4 rings (SSSR count). The molecule has 2 heterocycles. The molecule has 0 atom stereocenters. The van der Waals surface area contributed by atoms with Crippen molar-refractivity contribution in [3.8, 4) is 10.6 Å². The molecule has 4 aromatic rings. The zero-order valence-electron chi connectivity index (χ0n) is 14.2. The van der Waals surface area contributed by atoms with E-state index in [1.165, 1.54) is 11.3 Å². The first-order valence-corrected chi connectivity index (χ1v) is 9.52. The lowest BCUT2D eigenvalue weighted by atomic mass is 10.1. The van der Waals surface area contributed by atoms with Gasteiger partial charge in [-0.1, -0.05) is 60.1 Å². The maximum Gasteiger partial charge on any atom is 0.275 e. The minimum Gasteiger partial charge on any atom is -0.269 e. The van der Waals surface area contributed by atoms with Gasteiger partial charge in [0, 0.05) is 5.39 Å². The van der Waals surface area contributed by atoms with Gasteiger partial charge < -0.3 is 0 Å². The Morgan fingerprint density at radius 3 is 2.59 bits per heavy atom. The van der Waals surface area contributed by atoms with Crippen molar-refractivity contribution in [2.24, 2.45) is 0 Å². The Morgan fingerprint density at radius 1 is 1.04 bits per heavy atom. The molecule has 0 aliphatic heterocycles. The number of thiophene rings is 1. The Kier molecular flexibility index (Phi) is 5.16. The van der Waals surface area contributed by atoms with Crippen molar-refractivity contribution in [1.82, 2.24) is 10.5 Å². The van der Waals surface area contributed by atoms with Gasteiger partial charge in [-0.05, 0) is 29.8 Å². The first-order chi connectivity index (χ1) is 13.2. The number of pyridine rings is 1. The number of nitrogens with one attached hydrogen (secondary N) is 1. The highest BCUT2D eigenvalue weighted by molar-refractivity contribution is 7.19. The van der Waals surface area contributed by atoms with Gasteiger partial charge >= 0.3 is 0 Å². The van der Waals surface area contributed by atoms with Crippen LogP contribution in [0, 0.1) is 0 Å². The molecule has 0 aliphatic rings. The van der Waals surface area contributed by atoms with E-state index in [1.807, 2.05) is 66.7 Å². The highest BCUT2D eigenvalue weighted by Crippen LogP contribution is 2.32. The summed E-state index contributed by atoms with van der Waals surface area (Å²) in [7, 11) is 0. The zero-order valence-corrected chi connectivity index (χ0v) is 15.8. The average molecular weight is 395 g/mol. The summed E-state index contributed by atoms with van der Waals surface area (Å²) >= 11 is 7.47. The number of benzene rings is 2. The van der Waals surface area contributed by atoms with Crippen molar-refractivity contribution in [3.63, 3.8) is 0 Å². The van der Waals surface area contributed by atoms with Crippen LogP contribution in [0.1, 0.15) is 15.9 Å². The van der Waals surface area contributed by atoms with Crippen LogP contribution in [0.5, 0.6) is 0 Å². The first-order valence-electron chi connectivity index (χ1n) is 8.32. The number of carbonyl (C=O) groups excluding carboxylic acids is 1. The number of halogens is 1. The summed E-state index contributed by atoms with van der Waals surface area (Å²) in [6, 6.07) is 22.7. The van der Waals surface area contributed by atoms with Crippen molar-refractivity contribution in [1.29, 1.82) is 0 Å².